The Morgan fingerprint density at radius 2 is 1.91 bits per heavy atom. The van der Waals surface area contributed by atoms with E-state index in [9.17, 15) is 4.79 Å². The lowest BCUT2D eigenvalue weighted by Gasteiger charge is -2.10. The van der Waals surface area contributed by atoms with E-state index < -0.39 is 0 Å². The van der Waals surface area contributed by atoms with E-state index in [2.05, 4.69) is 25.2 Å². The first-order valence-electron chi connectivity index (χ1n) is 7.64. The van der Waals surface area contributed by atoms with Gasteiger partial charge in [-0.15, -0.1) is 0 Å². The van der Waals surface area contributed by atoms with Crippen LogP contribution in [-0.4, -0.2) is 19.1 Å². The number of carbonyl (C=O) groups excluding carboxylic acids is 1. The van der Waals surface area contributed by atoms with Gasteiger partial charge in [0.15, 0.2) is 0 Å². The van der Waals surface area contributed by atoms with Gasteiger partial charge >= 0.3 is 0 Å². The number of rotatable bonds is 6. The highest BCUT2D eigenvalue weighted by atomic mass is 16.5. The lowest BCUT2D eigenvalue weighted by atomic mass is 10.0. The highest BCUT2D eigenvalue weighted by Crippen LogP contribution is 2.19. The first-order chi connectivity index (χ1) is 10.6. The fourth-order valence-electron chi connectivity index (χ4n) is 2.19. The number of carbonyl (C=O) groups is 1. The van der Waals surface area contributed by atoms with Crippen LogP contribution < -0.4 is 10.1 Å². The second-order valence-corrected chi connectivity index (χ2v) is 5.70. The van der Waals surface area contributed by atoms with E-state index in [0.717, 1.165) is 11.3 Å². The fraction of sp³-hybridized carbons (Fsp3) is 0.316. The van der Waals surface area contributed by atoms with Crippen LogP contribution in [-0.2, 0) is 0 Å². The largest absolute Gasteiger partial charge is 0.492 e. The molecule has 3 heteroatoms. The summed E-state index contributed by atoms with van der Waals surface area (Å²) in [6.45, 7) is 7.22. The van der Waals surface area contributed by atoms with Gasteiger partial charge in [-0.1, -0.05) is 43.7 Å². The van der Waals surface area contributed by atoms with Crippen molar-refractivity contribution in [1.82, 2.24) is 5.32 Å². The van der Waals surface area contributed by atoms with Crippen LogP contribution in [0.2, 0.25) is 0 Å². The van der Waals surface area contributed by atoms with Gasteiger partial charge in [-0.05, 0) is 42.7 Å². The van der Waals surface area contributed by atoms with Gasteiger partial charge in [0.2, 0.25) is 0 Å². The van der Waals surface area contributed by atoms with Crippen molar-refractivity contribution in [2.24, 2.45) is 0 Å². The van der Waals surface area contributed by atoms with Crippen molar-refractivity contribution in [3.8, 4) is 5.75 Å². The van der Waals surface area contributed by atoms with E-state index in [1.165, 1.54) is 5.56 Å². The molecule has 0 radical (unpaired) electrons. The molecule has 0 fully saturated rings. The molecule has 0 bridgehead atoms. The molecule has 3 nitrogen and oxygen atoms in total. The van der Waals surface area contributed by atoms with Crippen LogP contribution in [0.3, 0.4) is 0 Å². The minimum Gasteiger partial charge on any atom is -0.492 e. The maximum atomic E-state index is 12.0. The van der Waals surface area contributed by atoms with Crippen LogP contribution in [0.5, 0.6) is 5.75 Å². The number of nitrogens with one attached hydrogen (secondary N) is 1. The first kappa shape index (κ1) is 16.1. The summed E-state index contributed by atoms with van der Waals surface area (Å²) in [7, 11) is 0. The number of aryl methyl sites for hydroxylation is 1. The van der Waals surface area contributed by atoms with Gasteiger partial charge in [0.1, 0.15) is 12.4 Å². The van der Waals surface area contributed by atoms with Gasteiger partial charge in [-0.3, -0.25) is 4.79 Å². The summed E-state index contributed by atoms with van der Waals surface area (Å²) in [4.78, 5) is 12.0. The Balaban J connectivity index is 1.80. The van der Waals surface area contributed by atoms with Crippen molar-refractivity contribution in [2.75, 3.05) is 13.2 Å². The molecule has 0 saturated heterocycles. The second kappa shape index (κ2) is 7.64. The van der Waals surface area contributed by atoms with Crippen molar-refractivity contribution >= 4 is 5.91 Å². The van der Waals surface area contributed by atoms with E-state index in [-0.39, 0.29) is 5.91 Å². The third-order valence-corrected chi connectivity index (χ3v) is 3.46. The molecule has 0 aromatic heterocycles. The third-order valence-electron chi connectivity index (χ3n) is 3.46. The van der Waals surface area contributed by atoms with Crippen molar-refractivity contribution in [3.05, 3.63) is 65.2 Å². The molecule has 0 atom stereocenters. The standard InChI is InChI=1S/C19H23NO2/c1-14(2)16-7-5-9-18(13-16)22-11-10-20-19(21)17-8-4-6-15(3)12-17/h4-9,12-14H,10-11H2,1-3H3,(H,20,21). The van der Waals surface area contributed by atoms with Crippen LogP contribution in [0, 0.1) is 6.92 Å². The number of hydrogen-bond acceptors (Lipinski definition) is 2. The monoisotopic (exact) mass is 297 g/mol. The molecule has 22 heavy (non-hydrogen) atoms. The zero-order valence-electron chi connectivity index (χ0n) is 13.4. The van der Waals surface area contributed by atoms with Crippen molar-refractivity contribution < 1.29 is 9.53 Å². The summed E-state index contributed by atoms with van der Waals surface area (Å²) in [5.74, 6) is 1.25. The summed E-state index contributed by atoms with van der Waals surface area (Å²) in [5, 5.41) is 2.87. The molecule has 116 valence electrons. The van der Waals surface area contributed by atoms with Crippen molar-refractivity contribution in [1.29, 1.82) is 0 Å². The lowest BCUT2D eigenvalue weighted by molar-refractivity contribution is 0.0947. The number of hydrogen-bond donors (Lipinski definition) is 1. The van der Waals surface area contributed by atoms with Crippen LogP contribution in [0.1, 0.15) is 41.3 Å². The van der Waals surface area contributed by atoms with Crippen LogP contribution in [0.15, 0.2) is 48.5 Å². The van der Waals surface area contributed by atoms with Crippen LogP contribution in [0.25, 0.3) is 0 Å². The smallest absolute Gasteiger partial charge is 0.251 e. The van der Waals surface area contributed by atoms with Gasteiger partial charge in [-0.2, -0.15) is 0 Å². The van der Waals surface area contributed by atoms with E-state index >= 15 is 0 Å². The molecule has 0 saturated carbocycles. The van der Waals surface area contributed by atoms with Gasteiger partial charge in [-0.25, -0.2) is 0 Å². The fourth-order valence-corrected chi connectivity index (χ4v) is 2.19. The first-order valence-corrected chi connectivity index (χ1v) is 7.64. The normalized spacial score (nSPS) is 10.5. The molecule has 0 aliphatic heterocycles. The molecule has 0 aliphatic rings. The SMILES string of the molecule is Cc1cccc(C(=O)NCCOc2cccc(C(C)C)c2)c1. The molecular weight excluding hydrogens is 274 g/mol. The zero-order chi connectivity index (χ0) is 15.9. The molecule has 1 N–H and O–H groups in total. The predicted molar refractivity (Wildman–Crippen MR) is 89.5 cm³/mol. The highest BCUT2D eigenvalue weighted by Gasteiger charge is 2.05. The Hall–Kier alpha value is -2.29. The minimum atomic E-state index is -0.0665. The van der Waals surface area contributed by atoms with Gasteiger partial charge < -0.3 is 10.1 Å². The molecule has 0 unspecified atom stereocenters. The second-order valence-electron chi connectivity index (χ2n) is 5.70. The van der Waals surface area contributed by atoms with Crippen LogP contribution >= 0.6 is 0 Å². The lowest BCUT2D eigenvalue weighted by Crippen LogP contribution is -2.28. The zero-order valence-corrected chi connectivity index (χ0v) is 13.4. The van der Waals surface area contributed by atoms with Gasteiger partial charge in [0.25, 0.3) is 5.91 Å². The highest BCUT2D eigenvalue weighted by molar-refractivity contribution is 5.94. The minimum absolute atomic E-state index is 0.0665. The van der Waals surface area contributed by atoms with Crippen molar-refractivity contribution in [2.45, 2.75) is 26.7 Å². The molecule has 2 rings (SSSR count). The predicted octanol–water partition coefficient (Wildman–Crippen LogP) is 3.93. The Labute approximate surface area is 132 Å². The summed E-state index contributed by atoms with van der Waals surface area (Å²) >= 11 is 0. The number of ether oxygens (including phenoxy) is 1. The summed E-state index contributed by atoms with van der Waals surface area (Å²) in [6.07, 6.45) is 0. The Kier molecular flexibility index (Phi) is 5.59. The maximum absolute atomic E-state index is 12.0. The molecular formula is C19H23NO2. The average Bonchev–Trinajstić information content (AvgIpc) is 2.51. The van der Waals surface area contributed by atoms with Gasteiger partial charge in [0, 0.05) is 5.56 Å². The van der Waals surface area contributed by atoms with E-state index in [0.29, 0.717) is 24.6 Å². The molecule has 0 heterocycles. The Morgan fingerprint density at radius 3 is 2.64 bits per heavy atom. The summed E-state index contributed by atoms with van der Waals surface area (Å²) in [6, 6.07) is 15.6. The molecule has 0 spiro atoms. The van der Waals surface area contributed by atoms with Gasteiger partial charge in [0.05, 0.1) is 6.54 Å². The number of amides is 1. The molecule has 1 amide bonds. The van der Waals surface area contributed by atoms with Crippen molar-refractivity contribution in [3.63, 3.8) is 0 Å². The maximum Gasteiger partial charge on any atom is 0.251 e. The molecule has 2 aromatic rings. The average molecular weight is 297 g/mol. The molecule has 2 aromatic carbocycles. The number of benzene rings is 2. The quantitative estimate of drug-likeness (QED) is 0.821. The topological polar surface area (TPSA) is 38.3 Å². The third kappa shape index (κ3) is 4.62. The Morgan fingerprint density at radius 1 is 1.14 bits per heavy atom. The van der Waals surface area contributed by atoms with E-state index in [4.69, 9.17) is 4.74 Å². The van der Waals surface area contributed by atoms with Crippen LogP contribution in [0.4, 0.5) is 0 Å². The summed E-state index contributed by atoms with van der Waals surface area (Å²) in [5.41, 5.74) is 3.01. The van der Waals surface area contributed by atoms with E-state index in [1.54, 1.807) is 0 Å². The summed E-state index contributed by atoms with van der Waals surface area (Å²) < 4.78 is 5.69. The Bertz CT molecular complexity index is 635. The van der Waals surface area contributed by atoms with E-state index in [1.807, 2.05) is 49.4 Å². The molecule has 0 aliphatic carbocycles.